The summed E-state index contributed by atoms with van der Waals surface area (Å²) in [5.41, 5.74) is 2.81. The van der Waals surface area contributed by atoms with Gasteiger partial charge in [0.2, 0.25) is 11.7 Å². The first-order valence-electron chi connectivity index (χ1n) is 9.47. The average molecular weight is 411 g/mol. The lowest BCUT2D eigenvalue weighted by Gasteiger charge is -2.15. The number of benzene rings is 2. The van der Waals surface area contributed by atoms with Gasteiger partial charge in [-0.15, -0.1) is 0 Å². The first-order chi connectivity index (χ1) is 14.4. The molecule has 2 aromatic carbocycles. The van der Waals surface area contributed by atoms with E-state index in [1.165, 1.54) is 0 Å². The molecule has 0 saturated carbocycles. The van der Waals surface area contributed by atoms with Crippen molar-refractivity contribution in [1.82, 2.24) is 15.5 Å². The van der Waals surface area contributed by atoms with Crippen LogP contribution < -0.4 is 19.5 Å². The summed E-state index contributed by atoms with van der Waals surface area (Å²) in [6.45, 7) is 5.74. The fraction of sp³-hybridized carbons (Fsp3) is 0.318. The monoisotopic (exact) mass is 411 g/mol. The molecule has 1 heterocycles. The van der Waals surface area contributed by atoms with Crippen LogP contribution in [0, 0.1) is 13.8 Å². The number of aromatic nitrogens is 2. The van der Waals surface area contributed by atoms with Crippen LogP contribution in [0.4, 0.5) is 0 Å². The first-order valence-corrected chi connectivity index (χ1v) is 9.47. The molecule has 0 bridgehead atoms. The van der Waals surface area contributed by atoms with E-state index >= 15 is 0 Å². The zero-order valence-corrected chi connectivity index (χ0v) is 17.7. The van der Waals surface area contributed by atoms with Crippen molar-refractivity contribution in [2.75, 3.05) is 14.2 Å². The molecular formula is C22H25N3O5. The van der Waals surface area contributed by atoms with Gasteiger partial charge in [0.15, 0.2) is 6.10 Å². The minimum atomic E-state index is -0.671. The number of nitrogens with one attached hydrogen (secondary N) is 1. The lowest BCUT2D eigenvalue weighted by molar-refractivity contribution is -0.127. The molecule has 1 atom stereocenters. The number of aryl methyl sites for hydroxylation is 2. The molecule has 1 amide bonds. The maximum absolute atomic E-state index is 12.4. The van der Waals surface area contributed by atoms with E-state index in [0.29, 0.717) is 28.6 Å². The molecule has 0 spiro atoms. The lowest BCUT2D eigenvalue weighted by Crippen LogP contribution is -2.36. The normalized spacial score (nSPS) is 11.6. The fourth-order valence-electron chi connectivity index (χ4n) is 2.98. The second-order valence-corrected chi connectivity index (χ2v) is 6.88. The minimum Gasteiger partial charge on any atom is -0.497 e. The van der Waals surface area contributed by atoms with Crippen LogP contribution in [0.3, 0.4) is 0 Å². The Morgan fingerprint density at radius 3 is 2.47 bits per heavy atom. The van der Waals surface area contributed by atoms with E-state index in [0.717, 1.165) is 11.1 Å². The standard InChI is InChI=1S/C22H25N3O5/c1-13-8-14(2)10-17(9-13)29-15(3)22(26)23-12-20-24-21(25-30-20)18-7-6-16(27-4)11-19(18)28-5/h6-11,15H,12H2,1-5H3,(H,23,26). The smallest absolute Gasteiger partial charge is 0.261 e. The summed E-state index contributed by atoms with van der Waals surface area (Å²) >= 11 is 0. The van der Waals surface area contributed by atoms with E-state index in [4.69, 9.17) is 18.7 Å². The molecule has 0 radical (unpaired) electrons. The van der Waals surface area contributed by atoms with Gasteiger partial charge in [-0.05, 0) is 56.2 Å². The quantitative estimate of drug-likeness (QED) is 0.606. The number of amides is 1. The van der Waals surface area contributed by atoms with Gasteiger partial charge in [0.25, 0.3) is 5.91 Å². The number of methoxy groups -OCH3 is 2. The molecular weight excluding hydrogens is 386 g/mol. The highest BCUT2D eigenvalue weighted by atomic mass is 16.5. The average Bonchev–Trinajstić information content (AvgIpc) is 3.19. The molecule has 0 fully saturated rings. The van der Waals surface area contributed by atoms with Crippen molar-refractivity contribution in [1.29, 1.82) is 0 Å². The lowest BCUT2D eigenvalue weighted by atomic mass is 10.1. The predicted molar refractivity (Wildman–Crippen MR) is 111 cm³/mol. The van der Waals surface area contributed by atoms with Crippen molar-refractivity contribution < 1.29 is 23.5 Å². The Hall–Kier alpha value is -3.55. The Bertz CT molecular complexity index is 1010. The minimum absolute atomic E-state index is 0.0881. The Morgan fingerprint density at radius 2 is 1.80 bits per heavy atom. The van der Waals surface area contributed by atoms with Crippen molar-refractivity contribution in [2.24, 2.45) is 0 Å². The molecule has 0 aliphatic carbocycles. The molecule has 0 aliphatic heterocycles. The van der Waals surface area contributed by atoms with Crippen LogP contribution in [0.5, 0.6) is 17.2 Å². The fourth-order valence-corrected chi connectivity index (χ4v) is 2.98. The molecule has 8 heteroatoms. The third kappa shape index (κ3) is 5.08. The third-order valence-corrected chi connectivity index (χ3v) is 4.41. The maximum atomic E-state index is 12.4. The number of hydrogen-bond donors (Lipinski definition) is 1. The summed E-state index contributed by atoms with van der Waals surface area (Å²) in [5, 5.41) is 6.72. The summed E-state index contributed by atoms with van der Waals surface area (Å²) in [7, 11) is 3.13. The number of hydrogen-bond acceptors (Lipinski definition) is 7. The van der Waals surface area contributed by atoms with Gasteiger partial charge in [0.05, 0.1) is 26.3 Å². The Morgan fingerprint density at radius 1 is 1.07 bits per heavy atom. The third-order valence-electron chi connectivity index (χ3n) is 4.41. The molecule has 158 valence electrons. The van der Waals surface area contributed by atoms with Crippen LogP contribution in [-0.2, 0) is 11.3 Å². The number of nitrogens with zero attached hydrogens (tertiary/aromatic N) is 2. The van der Waals surface area contributed by atoms with Crippen LogP contribution in [0.2, 0.25) is 0 Å². The molecule has 30 heavy (non-hydrogen) atoms. The van der Waals surface area contributed by atoms with E-state index in [1.807, 2.05) is 32.0 Å². The van der Waals surface area contributed by atoms with Crippen molar-refractivity contribution >= 4 is 5.91 Å². The second kappa shape index (κ2) is 9.30. The predicted octanol–water partition coefficient (Wildman–Crippen LogP) is 3.45. The van der Waals surface area contributed by atoms with Gasteiger partial charge >= 0.3 is 0 Å². The van der Waals surface area contributed by atoms with Gasteiger partial charge < -0.3 is 24.1 Å². The second-order valence-electron chi connectivity index (χ2n) is 6.88. The number of ether oxygens (including phenoxy) is 3. The van der Waals surface area contributed by atoms with Crippen LogP contribution in [0.15, 0.2) is 40.9 Å². The van der Waals surface area contributed by atoms with Gasteiger partial charge in [0.1, 0.15) is 17.2 Å². The first kappa shape index (κ1) is 21.2. The molecule has 3 rings (SSSR count). The Labute approximate surface area is 175 Å². The van der Waals surface area contributed by atoms with Gasteiger partial charge in [-0.3, -0.25) is 4.79 Å². The highest BCUT2D eigenvalue weighted by Gasteiger charge is 2.18. The zero-order valence-electron chi connectivity index (χ0n) is 17.7. The highest BCUT2D eigenvalue weighted by Crippen LogP contribution is 2.31. The Balaban J connectivity index is 1.61. The van der Waals surface area contributed by atoms with Crippen molar-refractivity contribution in [2.45, 2.75) is 33.4 Å². The van der Waals surface area contributed by atoms with Gasteiger partial charge in [-0.2, -0.15) is 4.98 Å². The SMILES string of the molecule is COc1ccc(-c2noc(CNC(=O)C(C)Oc3cc(C)cc(C)c3)n2)c(OC)c1. The molecule has 8 nitrogen and oxygen atoms in total. The summed E-state index contributed by atoms with van der Waals surface area (Å²) in [5.74, 6) is 2.22. The van der Waals surface area contributed by atoms with Crippen molar-refractivity contribution in [3.63, 3.8) is 0 Å². The van der Waals surface area contributed by atoms with E-state index in [1.54, 1.807) is 39.3 Å². The van der Waals surface area contributed by atoms with Crippen molar-refractivity contribution in [3.05, 3.63) is 53.4 Å². The summed E-state index contributed by atoms with van der Waals surface area (Å²) in [4.78, 5) is 16.7. The maximum Gasteiger partial charge on any atom is 0.261 e. The van der Waals surface area contributed by atoms with E-state index in [-0.39, 0.29) is 18.3 Å². The number of carbonyl (C=O) groups excluding carboxylic acids is 1. The highest BCUT2D eigenvalue weighted by molar-refractivity contribution is 5.80. The molecule has 1 unspecified atom stereocenters. The van der Waals surface area contributed by atoms with Crippen LogP contribution in [0.1, 0.15) is 23.9 Å². The van der Waals surface area contributed by atoms with E-state index in [9.17, 15) is 4.79 Å². The number of carbonyl (C=O) groups is 1. The largest absolute Gasteiger partial charge is 0.497 e. The van der Waals surface area contributed by atoms with E-state index < -0.39 is 6.10 Å². The summed E-state index contributed by atoms with van der Waals surface area (Å²) in [6.07, 6.45) is -0.671. The van der Waals surface area contributed by atoms with Crippen LogP contribution in [0.25, 0.3) is 11.4 Å². The van der Waals surface area contributed by atoms with Crippen LogP contribution in [-0.4, -0.2) is 36.4 Å². The van der Waals surface area contributed by atoms with Crippen LogP contribution >= 0.6 is 0 Å². The topological polar surface area (TPSA) is 95.7 Å². The Kier molecular flexibility index (Phi) is 6.56. The molecule has 1 aromatic heterocycles. The summed E-state index contributed by atoms with van der Waals surface area (Å²) in [6, 6.07) is 11.1. The molecule has 3 aromatic rings. The van der Waals surface area contributed by atoms with Crippen molar-refractivity contribution in [3.8, 4) is 28.6 Å². The van der Waals surface area contributed by atoms with Gasteiger partial charge in [0, 0.05) is 6.07 Å². The summed E-state index contributed by atoms with van der Waals surface area (Å²) < 4.78 is 21.6. The number of rotatable bonds is 8. The van der Waals surface area contributed by atoms with Gasteiger partial charge in [-0.25, -0.2) is 0 Å². The zero-order chi connectivity index (χ0) is 21.7. The van der Waals surface area contributed by atoms with Gasteiger partial charge in [-0.1, -0.05) is 11.2 Å². The molecule has 1 N–H and O–H groups in total. The van der Waals surface area contributed by atoms with E-state index in [2.05, 4.69) is 15.5 Å². The molecule has 0 aliphatic rings. The molecule has 0 saturated heterocycles.